The summed E-state index contributed by atoms with van der Waals surface area (Å²) in [6, 6.07) is 16.7. The van der Waals surface area contributed by atoms with E-state index < -0.39 is 0 Å². The van der Waals surface area contributed by atoms with Crippen LogP contribution in [0.4, 0.5) is 0 Å². The third-order valence-electron chi connectivity index (χ3n) is 2.40. The number of Topliss-reactive ketones (excluding diaryl/α,β-unsaturated/α-hetero) is 1. The first-order valence-corrected chi connectivity index (χ1v) is 5.96. The summed E-state index contributed by atoms with van der Waals surface area (Å²) in [5.74, 6) is 5.39. The van der Waals surface area contributed by atoms with Gasteiger partial charge in [-0.15, -0.1) is 0 Å². The van der Waals surface area contributed by atoms with E-state index >= 15 is 0 Å². The number of carbonyl (C=O) groups is 1. The van der Waals surface area contributed by atoms with Crippen LogP contribution in [0.15, 0.2) is 54.6 Å². The molecule has 0 heterocycles. The molecule has 2 aromatic carbocycles. The average molecular weight is 255 g/mol. The molecule has 0 aliphatic carbocycles. The molecule has 0 aliphatic rings. The first-order chi connectivity index (χ1) is 8.74. The highest BCUT2D eigenvalue weighted by Crippen LogP contribution is 2.10. The van der Waals surface area contributed by atoms with Crippen LogP contribution in [-0.2, 0) is 11.2 Å². The predicted octanol–water partition coefficient (Wildman–Crippen LogP) is 3.50. The number of carbonyl (C=O) groups excluding carboxylic acids is 1. The maximum absolute atomic E-state index is 11.7. The van der Waals surface area contributed by atoms with Gasteiger partial charge >= 0.3 is 0 Å². The topological polar surface area (TPSA) is 17.1 Å². The quantitative estimate of drug-likeness (QED) is 0.750. The summed E-state index contributed by atoms with van der Waals surface area (Å²) >= 11 is 5.78. The first-order valence-electron chi connectivity index (χ1n) is 5.58. The Bertz CT molecular complexity index is 588. The monoisotopic (exact) mass is 254 g/mol. The molecule has 88 valence electrons. The Balaban J connectivity index is 2.01. The third-order valence-corrected chi connectivity index (χ3v) is 2.65. The Morgan fingerprint density at radius 3 is 2.33 bits per heavy atom. The van der Waals surface area contributed by atoms with Crippen molar-refractivity contribution in [2.75, 3.05) is 0 Å². The molecule has 18 heavy (non-hydrogen) atoms. The van der Waals surface area contributed by atoms with Crippen molar-refractivity contribution in [3.63, 3.8) is 0 Å². The van der Waals surface area contributed by atoms with Gasteiger partial charge in [-0.1, -0.05) is 47.9 Å². The van der Waals surface area contributed by atoms with Gasteiger partial charge in [-0.2, -0.15) is 0 Å². The molecule has 0 saturated carbocycles. The summed E-state index contributed by atoms with van der Waals surface area (Å²) in [5, 5.41) is 0.668. The molecule has 2 heteroatoms. The van der Waals surface area contributed by atoms with Crippen molar-refractivity contribution >= 4 is 17.4 Å². The minimum Gasteiger partial charge on any atom is -0.285 e. The Kier molecular flexibility index (Phi) is 4.17. The van der Waals surface area contributed by atoms with E-state index in [0.717, 1.165) is 11.1 Å². The Morgan fingerprint density at radius 1 is 1.00 bits per heavy atom. The van der Waals surface area contributed by atoms with Crippen LogP contribution in [0.25, 0.3) is 0 Å². The molecule has 0 amide bonds. The zero-order valence-corrected chi connectivity index (χ0v) is 10.4. The number of hydrogen-bond acceptors (Lipinski definition) is 1. The van der Waals surface area contributed by atoms with Crippen molar-refractivity contribution in [1.29, 1.82) is 0 Å². The Morgan fingerprint density at radius 2 is 1.67 bits per heavy atom. The van der Waals surface area contributed by atoms with E-state index in [1.54, 1.807) is 12.1 Å². The van der Waals surface area contributed by atoms with Gasteiger partial charge in [0, 0.05) is 17.0 Å². The van der Waals surface area contributed by atoms with E-state index in [2.05, 4.69) is 11.8 Å². The molecule has 0 spiro atoms. The zero-order valence-electron chi connectivity index (χ0n) is 9.69. The second-order valence-electron chi connectivity index (χ2n) is 3.84. The van der Waals surface area contributed by atoms with Gasteiger partial charge < -0.3 is 0 Å². The minimum absolute atomic E-state index is 0.0961. The lowest BCUT2D eigenvalue weighted by molar-refractivity contribution is -0.113. The molecule has 0 bridgehead atoms. The van der Waals surface area contributed by atoms with E-state index in [1.165, 1.54) is 0 Å². The maximum Gasteiger partial charge on any atom is 0.210 e. The van der Waals surface area contributed by atoms with E-state index in [4.69, 9.17) is 11.6 Å². The minimum atomic E-state index is -0.0961. The lowest BCUT2D eigenvalue weighted by Gasteiger charge is -1.96. The van der Waals surface area contributed by atoms with Gasteiger partial charge in [-0.25, -0.2) is 0 Å². The van der Waals surface area contributed by atoms with Crippen molar-refractivity contribution in [2.24, 2.45) is 0 Å². The van der Waals surface area contributed by atoms with Crippen LogP contribution in [-0.4, -0.2) is 5.78 Å². The van der Waals surface area contributed by atoms with E-state index in [-0.39, 0.29) is 5.78 Å². The van der Waals surface area contributed by atoms with Gasteiger partial charge in [-0.05, 0) is 35.7 Å². The highest BCUT2D eigenvalue weighted by Gasteiger charge is 1.99. The highest BCUT2D eigenvalue weighted by atomic mass is 35.5. The molecule has 2 aromatic rings. The molecule has 0 fully saturated rings. The van der Waals surface area contributed by atoms with Gasteiger partial charge in [0.2, 0.25) is 5.78 Å². The van der Waals surface area contributed by atoms with Gasteiger partial charge in [0.15, 0.2) is 0 Å². The van der Waals surface area contributed by atoms with Crippen LogP contribution in [0.1, 0.15) is 11.1 Å². The van der Waals surface area contributed by atoms with Crippen LogP contribution in [0, 0.1) is 11.8 Å². The number of benzene rings is 2. The van der Waals surface area contributed by atoms with Crippen molar-refractivity contribution in [3.8, 4) is 11.8 Å². The van der Waals surface area contributed by atoms with E-state index in [9.17, 15) is 4.79 Å². The normalized spacial score (nSPS) is 9.39. The number of rotatable bonds is 2. The van der Waals surface area contributed by atoms with Crippen molar-refractivity contribution in [2.45, 2.75) is 6.42 Å². The molecule has 0 N–H and O–H groups in total. The fourth-order valence-corrected chi connectivity index (χ4v) is 1.62. The SMILES string of the molecule is O=C(C#Cc1ccccc1)Cc1ccc(Cl)cc1. The lowest BCUT2D eigenvalue weighted by atomic mass is 10.1. The summed E-state index contributed by atoms with van der Waals surface area (Å²) in [6.45, 7) is 0. The van der Waals surface area contributed by atoms with Crippen molar-refractivity contribution in [3.05, 3.63) is 70.7 Å². The average Bonchev–Trinajstić information content (AvgIpc) is 2.40. The molecule has 0 aliphatic heterocycles. The molecular formula is C16H11ClO. The van der Waals surface area contributed by atoms with Gasteiger partial charge in [-0.3, -0.25) is 4.79 Å². The molecule has 2 rings (SSSR count). The summed E-state index contributed by atoms with van der Waals surface area (Å²) in [6.07, 6.45) is 0.316. The molecule has 0 atom stereocenters. The van der Waals surface area contributed by atoms with E-state index in [0.29, 0.717) is 11.4 Å². The first kappa shape index (κ1) is 12.4. The van der Waals surface area contributed by atoms with Gasteiger partial charge in [0.25, 0.3) is 0 Å². The van der Waals surface area contributed by atoms with Crippen LogP contribution in [0.3, 0.4) is 0 Å². The molecular weight excluding hydrogens is 244 g/mol. The standard InChI is InChI=1S/C16H11ClO/c17-15-9-6-14(7-10-15)12-16(18)11-8-13-4-2-1-3-5-13/h1-7,9-10H,12H2. The molecule has 0 unspecified atom stereocenters. The van der Waals surface area contributed by atoms with Crippen LogP contribution in [0.5, 0.6) is 0 Å². The molecule has 1 nitrogen and oxygen atoms in total. The largest absolute Gasteiger partial charge is 0.285 e. The smallest absolute Gasteiger partial charge is 0.210 e. The predicted molar refractivity (Wildman–Crippen MR) is 73.5 cm³/mol. The third kappa shape index (κ3) is 3.76. The molecule has 0 aromatic heterocycles. The number of hydrogen-bond donors (Lipinski definition) is 0. The van der Waals surface area contributed by atoms with Crippen LogP contribution in [0.2, 0.25) is 5.02 Å². The summed E-state index contributed by atoms with van der Waals surface area (Å²) in [7, 11) is 0. The Labute approximate surface area is 111 Å². The summed E-state index contributed by atoms with van der Waals surface area (Å²) in [5.41, 5.74) is 1.77. The highest BCUT2D eigenvalue weighted by molar-refractivity contribution is 6.30. The number of halogens is 1. The lowest BCUT2D eigenvalue weighted by Crippen LogP contribution is -1.98. The molecule has 0 radical (unpaired) electrons. The van der Waals surface area contributed by atoms with Crippen LogP contribution >= 0.6 is 11.6 Å². The van der Waals surface area contributed by atoms with Crippen molar-refractivity contribution < 1.29 is 4.79 Å². The van der Waals surface area contributed by atoms with Gasteiger partial charge in [0.1, 0.15) is 0 Å². The fraction of sp³-hybridized carbons (Fsp3) is 0.0625. The summed E-state index contributed by atoms with van der Waals surface area (Å²) in [4.78, 5) is 11.7. The van der Waals surface area contributed by atoms with Gasteiger partial charge in [0.05, 0.1) is 0 Å². The van der Waals surface area contributed by atoms with Crippen LogP contribution < -0.4 is 0 Å². The fourth-order valence-electron chi connectivity index (χ4n) is 1.50. The maximum atomic E-state index is 11.7. The number of ketones is 1. The summed E-state index contributed by atoms with van der Waals surface area (Å²) < 4.78 is 0. The Hall–Kier alpha value is -2.04. The second kappa shape index (κ2) is 6.05. The second-order valence-corrected chi connectivity index (χ2v) is 4.28. The van der Waals surface area contributed by atoms with Crippen molar-refractivity contribution in [1.82, 2.24) is 0 Å². The van der Waals surface area contributed by atoms with E-state index in [1.807, 2.05) is 42.5 Å². The molecule has 0 saturated heterocycles. The zero-order chi connectivity index (χ0) is 12.8.